The standard InChI is InChI=1S/C21H26N6O2/c1-20(2,3)16(19(29)27-10-21(4,9-22)11-27)26-18(28)13-7-23-17-15(13)25-14(8-24-17)12-5-6-12/h7-8,12,16H,5-6,10-11H2,1-4H3,(H,23,24)(H,26,28). The number of amides is 2. The molecule has 2 aromatic heterocycles. The Kier molecular flexibility index (Phi) is 4.37. The predicted molar refractivity (Wildman–Crippen MR) is 107 cm³/mol. The van der Waals surface area contributed by atoms with Gasteiger partial charge in [-0.2, -0.15) is 5.26 Å². The lowest BCUT2D eigenvalue weighted by atomic mass is 9.80. The first-order valence-electron chi connectivity index (χ1n) is 9.96. The normalized spacial score (nSPS) is 19.3. The fourth-order valence-electron chi connectivity index (χ4n) is 3.72. The molecule has 152 valence electrons. The number of H-pyrrole nitrogens is 1. The van der Waals surface area contributed by atoms with Gasteiger partial charge in [-0.15, -0.1) is 0 Å². The van der Waals surface area contributed by atoms with Crippen LogP contribution in [0.4, 0.5) is 0 Å². The molecule has 2 N–H and O–H groups in total. The molecule has 2 aliphatic rings. The van der Waals surface area contributed by atoms with Crippen LogP contribution in [-0.4, -0.2) is 50.8 Å². The number of aromatic amines is 1. The summed E-state index contributed by atoms with van der Waals surface area (Å²) >= 11 is 0. The zero-order valence-electron chi connectivity index (χ0n) is 17.2. The van der Waals surface area contributed by atoms with Gasteiger partial charge in [-0.1, -0.05) is 20.8 Å². The first kappa shape index (κ1) is 19.4. The predicted octanol–water partition coefficient (Wildman–Crippen LogP) is 2.35. The van der Waals surface area contributed by atoms with Crippen molar-refractivity contribution in [3.8, 4) is 6.07 Å². The van der Waals surface area contributed by atoms with E-state index in [2.05, 4.69) is 26.3 Å². The molecule has 3 heterocycles. The third kappa shape index (κ3) is 3.57. The number of fused-ring (bicyclic) bond motifs is 1. The van der Waals surface area contributed by atoms with Crippen LogP contribution < -0.4 is 5.32 Å². The number of likely N-dealkylation sites (tertiary alicyclic amines) is 1. The SMILES string of the molecule is CC1(C#N)CN(C(=O)C(NC(=O)c2c[nH]c3ncc(C4CC4)nc23)C(C)(C)C)C1. The summed E-state index contributed by atoms with van der Waals surface area (Å²) < 4.78 is 0. The van der Waals surface area contributed by atoms with Gasteiger partial charge in [-0.05, 0) is 25.2 Å². The Morgan fingerprint density at radius 2 is 2.07 bits per heavy atom. The van der Waals surface area contributed by atoms with Gasteiger partial charge in [0.2, 0.25) is 5.91 Å². The fourth-order valence-corrected chi connectivity index (χ4v) is 3.72. The van der Waals surface area contributed by atoms with Crippen molar-refractivity contribution in [1.82, 2.24) is 25.2 Å². The first-order chi connectivity index (χ1) is 13.6. The second-order valence-electron chi connectivity index (χ2n) is 9.61. The maximum atomic E-state index is 13.1. The summed E-state index contributed by atoms with van der Waals surface area (Å²) in [6.07, 6.45) is 5.56. The van der Waals surface area contributed by atoms with Crippen LogP contribution in [0.5, 0.6) is 0 Å². The third-order valence-corrected chi connectivity index (χ3v) is 5.69. The molecule has 1 unspecified atom stereocenters. The largest absolute Gasteiger partial charge is 0.344 e. The van der Waals surface area contributed by atoms with E-state index in [-0.39, 0.29) is 11.8 Å². The summed E-state index contributed by atoms with van der Waals surface area (Å²) in [6, 6.07) is 1.54. The quantitative estimate of drug-likeness (QED) is 0.826. The highest BCUT2D eigenvalue weighted by Gasteiger charge is 2.46. The average Bonchev–Trinajstić information content (AvgIpc) is 3.41. The summed E-state index contributed by atoms with van der Waals surface area (Å²) in [7, 11) is 0. The minimum atomic E-state index is -0.706. The number of nitrogens with one attached hydrogen (secondary N) is 2. The van der Waals surface area contributed by atoms with Gasteiger partial charge in [-0.3, -0.25) is 9.59 Å². The number of nitriles is 1. The van der Waals surface area contributed by atoms with E-state index in [4.69, 9.17) is 0 Å². The molecule has 2 fully saturated rings. The average molecular weight is 394 g/mol. The van der Waals surface area contributed by atoms with Crippen LogP contribution in [0.15, 0.2) is 12.4 Å². The molecular formula is C21H26N6O2. The van der Waals surface area contributed by atoms with Crippen LogP contribution in [-0.2, 0) is 4.79 Å². The van der Waals surface area contributed by atoms with Gasteiger partial charge >= 0.3 is 0 Å². The number of hydrogen-bond donors (Lipinski definition) is 2. The Bertz CT molecular complexity index is 1020. The van der Waals surface area contributed by atoms with E-state index < -0.39 is 16.9 Å². The number of nitrogens with zero attached hydrogens (tertiary/aromatic N) is 4. The van der Waals surface area contributed by atoms with Crippen LogP contribution in [0, 0.1) is 22.2 Å². The maximum absolute atomic E-state index is 13.1. The number of rotatable bonds is 4. The second kappa shape index (κ2) is 6.55. The van der Waals surface area contributed by atoms with E-state index in [1.54, 1.807) is 17.3 Å². The van der Waals surface area contributed by atoms with Crippen LogP contribution in [0.1, 0.15) is 62.5 Å². The lowest BCUT2D eigenvalue weighted by molar-refractivity contribution is -0.144. The van der Waals surface area contributed by atoms with Crippen LogP contribution >= 0.6 is 0 Å². The van der Waals surface area contributed by atoms with Gasteiger partial charge in [0.1, 0.15) is 11.6 Å². The Morgan fingerprint density at radius 1 is 1.38 bits per heavy atom. The smallest absolute Gasteiger partial charge is 0.255 e. The van der Waals surface area contributed by atoms with E-state index in [0.717, 1.165) is 18.5 Å². The summed E-state index contributed by atoms with van der Waals surface area (Å²) in [4.78, 5) is 39.8. The van der Waals surface area contributed by atoms with Crippen molar-refractivity contribution in [2.24, 2.45) is 10.8 Å². The summed E-state index contributed by atoms with van der Waals surface area (Å²) in [6.45, 7) is 8.35. The molecule has 1 saturated heterocycles. The van der Waals surface area contributed by atoms with Gasteiger partial charge in [0.15, 0.2) is 5.65 Å². The number of carbonyl (C=O) groups excluding carboxylic acids is 2. The minimum Gasteiger partial charge on any atom is -0.344 e. The van der Waals surface area contributed by atoms with Crippen LogP contribution in [0.2, 0.25) is 0 Å². The Hall–Kier alpha value is -2.95. The zero-order valence-corrected chi connectivity index (χ0v) is 17.2. The lowest BCUT2D eigenvalue weighted by Crippen LogP contribution is -2.63. The van der Waals surface area contributed by atoms with Crippen molar-refractivity contribution in [3.63, 3.8) is 0 Å². The molecule has 8 nitrogen and oxygen atoms in total. The summed E-state index contributed by atoms with van der Waals surface area (Å²) in [5.41, 5.74) is 1.41. The Labute approximate surface area is 169 Å². The second-order valence-corrected chi connectivity index (χ2v) is 9.61. The van der Waals surface area contributed by atoms with Gasteiger partial charge in [0.25, 0.3) is 5.91 Å². The molecule has 0 radical (unpaired) electrons. The van der Waals surface area contributed by atoms with Gasteiger partial charge < -0.3 is 15.2 Å². The molecule has 4 rings (SSSR count). The van der Waals surface area contributed by atoms with Crippen molar-refractivity contribution in [2.75, 3.05) is 13.1 Å². The van der Waals surface area contributed by atoms with Crippen LogP contribution in [0.3, 0.4) is 0 Å². The van der Waals surface area contributed by atoms with E-state index in [1.807, 2.05) is 27.7 Å². The van der Waals surface area contributed by atoms with E-state index in [1.165, 1.54) is 0 Å². The molecule has 1 atom stereocenters. The molecule has 2 amide bonds. The molecule has 8 heteroatoms. The summed E-state index contributed by atoms with van der Waals surface area (Å²) in [5.74, 6) is -0.0824. The van der Waals surface area contributed by atoms with E-state index in [0.29, 0.717) is 35.7 Å². The number of carbonyl (C=O) groups is 2. The Balaban J connectivity index is 1.56. The number of aromatic nitrogens is 3. The molecule has 1 aliphatic carbocycles. The van der Waals surface area contributed by atoms with Gasteiger partial charge in [0, 0.05) is 25.2 Å². The molecule has 0 aromatic carbocycles. The monoisotopic (exact) mass is 394 g/mol. The molecule has 1 aliphatic heterocycles. The highest BCUT2D eigenvalue weighted by atomic mass is 16.2. The molecule has 0 spiro atoms. The fraction of sp³-hybridized carbons (Fsp3) is 0.571. The van der Waals surface area contributed by atoms with Gasteiger partial charge in [-0.25, -0.2) is 9.97 Å². The zero-order chi connectivity index (χ0) is 21.0. The Morgan fingerprint density at radius 3 is 2.66 bits per heavy atom. The van der Waals surface area contributed by atoms with Crippen molar-refractivity contribution in [3.05, 3.63) is 23.7 Å². The van der Waals surface area contributed by atoms with Crippen molar-refractivity contribution < 1.29 is 9.59 Å². The van der Waals surface area contributed by atoms with Crippen molar-refractivity contribution in [1.29, 1.82) is 5.26 Å². The minimum absolute atomic E-state index is 0.164. The molecule has 1 saturated carbocycles. The third-order valence-electron chi connectivity index (χ3n) is 5.69. The maximum Gasteiger partial charge on any atom is 0.255 e. The van der Waals surface area contributed by atoms with Crippen LogP contribution in [0.25, 0.3) is 11.2 Å². The molecule has 0 bridgehead atoms. The topological polar surface area (TPSA) is 115 Å². The molecule has 29 heavy (non-hydrogen) atoms. The first-order valence-corrected chi connectivity index (χ1v) is 9.96. The van der Waals surface area contributed by atoms with E-state index in [9.17, 15) is 14.9 Å². The lowest BCUT2D eigenvalue weighted by Gasteiger charge is -2.46. The van der Waals surface area contributed by atoms with Gasteiger partial charge in [0.05, 0.1) is 28.9 Å². The van der Waals surface area contributed by atoms with E-state index >= 15 is 0 Å². The molecular weight excluding hydrogens is 368 g/mol. The molecule has 2 aromatic rings. The summed E-state index contributed by atoms with van der Waals surface area (Å²) in [5, 5.41) is 12.1. The number of hydrogen-bond acceptors (Lipinski definition) is 5. The van der Waals surface area contributed by atoms with Crippen molar-refractivity contribution >= 4 is 23.0 Å². The highest BCUT2D eigenvalue weighted by Crippen LogP contribution is 2.39. The highest BCUT2D eigenvalue weighted by molar-refractivity contribution is 6.06. The van der Waals surface area contributed by atoms with Crippen molar-refractivity contribution in [2.45, 2.75) is 52.5 Å².